The molecule has 0 radical (unpaired) electrons. The highest BCUT2D eigenvalue weighted by atomic mass is 32.2. The van der Waals surface area contributed by atoms with Crippen molar-refractivity contribution in [2.24, 2.45) is 0 Å². The molecule has 1 aromatic rings. The Kier molecular flexibility index (Phi) is 5.17. The molecule has 0 N–H and O–H groups in total. The van der Waals surface area contributed by atoms with Crippen molar-refractivity contribution >= 4 is 17.7 Å². The van der Waals surface area contributed by atoms with Gasteiger partial charge in [-0.3, -0.25) is 0 Å². The molecule has 6 heteroatoms. The average Bonchev–Trinajstić information content (AvgIpc) is 2.67. The van der Waals surface area contributed by atoms with Crippen molar-refractivity contribution < 1.29 is 14.1 Å². The normalized spacial score (nSPS) is 10.3. The van der Waals surface area contributed by atoms with Crippen molar-refractivity contribution in [3.05, 3.63) is 11.7 Å². The summed E-state index contributed by atoms with van der Waals surface area (Å²) < 4.78 is 9.49. The van der Waals surface area contributed by atoms with E-state index in [9.17, 15) is 4.79 Å². The molecule has 5 nitrogen and oxygen atoms in total. The molecule has 0 amide bonds. The smallest absolute Gasteiger partial charge is 0.397 e. The summed E-state index contributed by atoms with van der Waals surface area (Å²) in [5.74, 6) is 1.62. The number of thioether (sulfide) groups is 1. The van der Waals surface area contributed by atoms with E-state index in [-0.39, 0.29) is 5.89 Å². The Labute approximate surface area is 92.6 Å². The fraction of sp³-hybridized carbons (Fsp3) is 0.667. The lowest BCUT2D eigenvalue weighted by atomic mass is 10.6. The van der Waals surface area contributed by atoms with E-state index in [0.29, 0.717) is 18.2 Å². The summed E-state index contributed by atoms with van der Waals surface area (Å²) in [6, 6.07) is 0. The van der Waals surface area contributed by atoms with E-state index < -0.39 is 5.97 Å². The van der Waals surface area contributed by atoms with Crippen LogP contribution in [0.2, 0.25) is 0 Å². The summed E-state index contributed by atoms with van der Waals surface area (Å²) >= 11 is 1.71. The van der Waals surface area contributed by atoms with Gasteiger partial charge < -0.3 is 9.26 Å². The van der Waals surface area contributed by atoms with E-state index in [0.717, 1.165) is 12.2 Å². The van der Waals surface area contributed by atoms with Crippen LogP contribution in [-0.2, 0) is 10.5 Å². The van der Waals surface area contributed by atoms with E-state index >= 15 is 0 Å². The molecule has 0 unspecified atom stereocenters. The molecule has 0 fully saturated rings. The Morgan fingerprint density at radius 1 is 1.53 bits per heavy atom. The number of ether oxygens (including phenoxy) is 1. The van der Waals surface area contributed by atoms with Crippen LogP contribution in [0.5, 0.6) is 0 Å². The minimum absolute atomic E-state index is 0.0658. The molecule has 0 aromatic carbocycles. The summed E-state index contributed by atoms with van der Waals surface area (Å²) in [5.41, 5.74) is 0. The van der Waals surface area contributed by atoms with Gasteiger partial charge in [-0.1, -0.05) is 12.1 Å². The van der Waals surface area contributed by atoms with E-state index in [4.69, 9.17) is 9.26 Å². The first-order valence-electron chi connectivity index (χ1n) is 4.85. The molecular formula is C9H14N2O3S. The quantitative estimate of drug-likeness (QED) is 0.549. The lowest BCUT2D eigenvalue weighted by molar-refractivity contribution is 0.0470. The lowest BCUT2D eigenvalue weighted by Gasteiger charge is -1.93. The van der Waals surface area contributed by atoms with Crippen molar-refractivity contribution in [1.82, 2.24) is 10.1 Å². The minimum atomic E-state index is -0.559. The van der Waals surface area contributed by atoms with Gasteiger partial charge in [-0.15, -0.1) is 0 Å². The topological polar surface area (TPSA) is 65.2 Å². The molecule has 1 rings (SSSR count). The van der Waals surface area contributed by atoms with Gasteiger partial charge >= 0.3 is 11.9 Å². The van der Waals surface area contributed by atoms with E-state index in [1.807, 2.05) is 0 Å². The van der Waals surface area contributed by atoms with Crippen LogP contribution < -0.4 is 0 Å². The zero-order valence-corrected chi connectivity index (χ0v) is 9.67. The molecule has 0 bridgehead atoms. The molecule has 1 aromatic heterocycles. The standard InChI is InChI=1S/C9H14N2O3S/c1-3-5-15-6-7-10-8(14-11-7)9(12)13-4-2/h3-6H2,1-2H3. The first-order chi connectivity index (χ1) is 7.27. The van der Waals surface area contributed by atoms with Crippen LogP contribution in [0.4, 0.5) is 0 Å². The molecule has 0 saturated carbocycles. The van der Waals surface area contributed by atoms with Gasteiger partial charge in [0.05, 0.1) is 12.4 Å². The first-order valence-corrected chi connectivity index (χ1v) is 6.00. The van der Waals surface area contributed by atoms with Gasteiger partial charge in [-0.25, -0.2) is 4.79 Å². The third kappa shape index (κ3) is 3.91. The van der Waals surface area contributed by atoms with Gasteiger partial charge in [0.2, 0.25) is 0 Å². The molecule has 1 heterocycles. The monoisotopic (exact) mass is 230 g/mol. The van der Waals surface area contributed by atoms with Gasteiger partial charge in [0, 0.05) is 0 Å². The van der Waals surface area contributed by atoms with E-state index in [2.05, 4.69) is 17.1 Å². The summed E-state index contributed by atoms with van der Waals surface area (Å²) in [5, 5.41) is 3.68. The Morgan fingerprint density at radius 2 is 2.33 bits per heavy atom. The Morgan fingerprint density at radius 3 is 3.00 bits per heavy atom. The van der Waals surface area contributed by atoms with Crippen molar-refractivity contribution in [1.29, 1.82) is 0 Å². The highest BCUT2D eigenvalue weighted by Crippen LogP contribution is 2.10. The Balaban J connectivity index is 2.45. The number of carbonyl (C=O) groups is 1. The molecule has 84 valence electrons. The zero-order chi connectivity index (χ0) is 11.1. The number of esters is 1. The Hall–Kier alpha value is -1.04. The van der Waals surface area contributed by atoms with Crippen LogP contribution in [0, 0.1) is 0 Å². The number of hydrogen-bond acceptors (Lipinski definition) is 6. The highest BCUT2D eigenvalue weighted by molar-refractivity contribution is 7.98. The Bertz CT molecular complexity index is 314. The first kappa shape index (κ1) is 12.0. The second kappa shape index (κ2) is 6.44. The minimum Gasteiger partial charge on any atom is -0.459 e. The zero-order valence-electron chi connectivity index (χ0n) is 8.86. The average molecular weight is 230 g/mol. The number of aromatic nitrogens is 2. The maximum Gasteiger partial charge on any atom is 0.397 e. The second-order valence-electron chi connectivity index (χ2n) is 2.79. The third-order valence-corrected chi connectivity index (χ3v) is 2.66. The van der Waals surface area contributed by atoms with Gasteiger partial charge in [-0.2, -0.15) is 16.7 Å². The van der Waals surface area contributed by atoms with Crippen LogP contribution in [-0.4, -0.2) is 28.5 Å². The summed E-state index contributed by atoms with van der Waals surface area (Å²) in [7, 11) is 0. The van der Waals surface area contributed by atoms with Crippen LogP contribution in [0.15, 0.2) is 4.52 Å². The molecule has 0 atom stereocenters. The fourth-order valence-corrected chi connectivity index (χ4v) is 1.63. The number of carbonyl (C=O) groups excluding carboxylic acids is 1. The fourth-order valence-electron chi connectivity index (χ4n) is 0.896. The highest BCUT2D eigenvalue weighted by Gasteiger charge is 2.15. The summed E-state index contributed by atoms with van der Waals surface area (Å²) in [4.78, 5) is 15.1. The van der Waals surface area contributed by atoms with Crippen LogP contribution in [0.3, 0.4) is 0 Å². The molecule has 15 heavy (non-hydrogen) atoms. The van der Waals surface area contributed by atoms with Crippen molar-refractivity contribution in [2.75, 3.05) is 12.4 Å². The van der Waals surface area contributed by atoms with Crippen LogP contribution in [0.1, 0.15) is 36.8 Å². The van der Waals surface area contributed by atoms with Gasteiger partial charge in [-0.05, 0) is 19.1 Å². The molecule has 0 spiro atoms. The van der Waals surface area contributed by atoms with Crippen molar-refractivity contribution in [3.63, 3.8) is 0 Å². The van der Waals surface area contributed by atoms with Gasteiger partial charge in [0.15, 0.2) is 5.82 Å². The summed E-state index contributed by atoms with van der Waals surface area (Å²) in [6.07, 6.45) is 1.10. The predicted molar refractivity (Wildman–Crippen MR) is 56.7 cm³/mol. The third-order valence-electron chi connectivity index (χ3n) is 1.50. The maximum absolute atomic E-state index is 11.2. The van der Waals surface area contributed by atoms with E-state index in [1.54, 1.807) is 18.7 Å². The predicted octanol–water partition coefficient (Wildman–Crippen LogP) is 1.89. The number of nitrogens with zero attached hydrogens (tertiary/aromatic N) is 2. The van der Waals surface area contributed by atoms with Gasteiger partial charge in [0.1, 0.15) is 0 Å². The number of rotatable bonds is 6. The van der Waals surface area contributed by atoms with E-state index in [1.165, 1.54) is 0 Å². The maximum atomic E-state index is 11.2. The summed E-state index contributed by atoms with van der Waals surface area (Å²) in [6.45, 7) is 4.14. The van der Waals surface area contributed by atoms with Crippen molar-refractivity contribution in [3.8, 4) is 0 Å². The molecule has 0 aliphatic heterocycles. The van der Waals surface area contributed by atoms with Crippen LogP contribution in [0.25, 0.3) is 0 Å². The largest absolute Gasteiger partial charge is 0.459 e. The van der Waals surface area contributed by atoms with Crippen LogP contribution >= 0.6 is 11.8 Å². The molecular weight excluding hydrogens is 216 g/mol. The van der Waals surface area contributed by atoms with Crippen molar-refractivity contribution in [2.45, 2.75) is 26.0 Å². The molecule has 0 aliphatic carbocycles. The lowest BCUT2D eigenvalue weighted by Crippen LogP contribution is -2.04. The number of hydrogen-bond donors (Lipinski definition) is 0. The SMILES string of the molecule is CCCSCc1noc(C(=O)OCC)n1. The second-order valence-corrected chi connectivity index (χ2v) is 3.89. The molecule has 0 saturated heterocycles. The molecule has 0 aliphatic rings. The van der Waals surface area contributed by atoms with Gasteiger partial charge in [0.25, 0.3) is 0 Å².